The maximum absolute atomic E-state index is 12.7. The Labute approximate surface area is 212 Å². The Kier molecular flexibility index (Phi) is 7.41. The smallest absolute Gasteiger partial charge is 0.416 e. The fourth-order valence-corrected chi connectivity index (χ4v) is 3.42. The van der Waals surface area contributed by atoms with E-state index >= 15 is 0 Å². The molecule has 0 aliphatic heterocycles. The number of alkyl halides is 3. The molecule has 2 heterocycles. The van der Waals surface area contributed by atoms with Crippen LogP contribution in [0.5, 0.6) is 0 Å². The van der Waals surface area contributed by atoms with Gasteiger partial charge >= 0.3 is 18.2 Å². The lowest BCUT2D eigenvalue weighted by Gasteiger charge is -2.09. The number of imidazole rings is 2. The van der Waals surface area contributed by atoms with Crippen LogP contribution in [-0.4, -0.2) is 43.0 Å². The standard InChI is InChI=1S/C24H20F3N7O4/c25-24(26,27)14-3-7-16(8-4-14)31-23(38)34-21-20(22(36)37)32-18(33-21)9-13-1-5-15(6-2-13)30-19(35)10-17-11-28-12-29-17/h1-8,11-12H,9-10H2,(H,28,29)(H,30,35)(H,32,33)(H,36,37)(H2,31,34,38). The van der Waals surface area contributed by atoms with E-state index in [1.807, 2.05) is 0 Å². The third-order valence-corrected chi connectivity index (χ3v) is 5.18. The van der Waals surface area contributed by atoms with Crippen molar-refractivity contribution in [2.75, 3.05) is 16.0 Å². The van der Waals surface area contributed by atoms with E-state index in [-0.39, 0.29) is 41.8 Å². The zero-order chi connectivity index (χ0) is 27.3. The highest BCUT2D eigenvalue weighted by Gasteiger charge is 2.30. The molecule has 38 heavy (non-hydrogen) atoms. The molecule has 0 fully saturated rings. The van der Waals surface area contributed by atoms with E-state index in [0.29, 0.717) is 11.4 Å². The summed E-state index contributed by atoms with van der Waals surface area (Å²) in [5.41, 5.74) is 0.793. The van der Waals surface area contributed by atoms with Crippen molar-refractivity contribution in [2.24, 2.45) is 0 Å². The number of aromatic amines is 2. The van der Waals surface area contributed by atoms with Gasteiger partial charge in [-0.3, -0.25) is 10.1 Å². The number of aromatic nitrogens is 4. The topological polar surface area (TPSA) is 165 Å². The average molecular weight is 527 g/mol. The number of anilines is 3. The number of H-pyrrole nitrogens is 2. The molecule has 11 nitrogen and oxygen atoms in total. The number of amides is 3. The fourth-order valence-electron chi connectivity index (χ4n) is 3.42. The van der Waals surface area contributed by atoms with Gasteiger partial charge in [-0.1, -0.05) is 12.1 Å². The first-order chi connectivity index (χ1) is 18.1. The first kappa shape index (κ1) is 25.9. The van der Waals surface area contributed by atoms with Crippen LogP contribution in [0.25, 0.3) is 0 Å². The van der Waals surface area contributed by atoms with Crippen LogP contribution in [-0.2, 0) is 23.8 Å². The van der Waals surface area contributed by atoms with Crippen LogP contribution in [0.3, 0.4) is 0 Å². The summed E-state index contributed by atoms with van der Waals surface area (Å²) in [6.45, 7) is 0. The second kappa shape index (κ2) is 10.9. The number of carboxylic acid groups (broad SMARTS) is 1. The maximum atomic E-state index is 12.7. The zero-order valence-corrected chi connectivity index (χ0v) is 19.4. The second-order valence-electron chi connectivity index (χ2n) is 8.04. The molecule has 0 unspecified atom stereocenters. The van der Waals surface area contributed by atoms with Gasteiger partial charge in [-0.15, -0.1) is 0 Å². The van der Waals surface area contributed by atoms with Crippen molar-refractivity contribution in [1.82, 2.24) is 19.9 Å². The number of carbonyl (C=O) groups is 3. The third-order valence-electron chi connectivity index (χ3n) is 5.18. The highest BCUT2D eigenvalue weighted by Crippen LogP contribution is 2.29. The monoisotopic (exact) mass is 527 g/mol. The molecule has 0 spiro atoms. The van der Waals surface area contributed by atoms with Crippen molar-refractivity contribution in [2.45, 2.75) is 19.0 Å². The number of nitrogens with zero attached hydrogens (tertiary/aromatic N) is 2. The predicted octanol–water partition coefficient (Wildman–Crippen LogP) is 4.27. The average Bonchev–Trinajstić information content (AvgIpc) is 3.50. The van der Waals surface area contributed by atoms with Crippen molar-refractivity contribution >= 4 is 35.1 Å². The number of carboxylic acids is 1. The first-order valence-corrected chi connectivity index (χ1v) is 11.0. The molecule has 0 radical (unpaired) electrons. The number of hydrogen-bond acceptors (Lipinski definition) is 5. The number of rotatable bonds is 8. The molecule has 0 atom stereocenters. The van der Waals surface area contributed by atoms with E-state index in [9.17, 15) is 32.7 Å². The molecule has 196 valence electrons. The largest absolute Gasteiger partial charge is 0.476 e. The van der Waals surface area contributed by atoms with E-state index in [0.717, 1.165) is 29.8 Å². The Morgan fingerprint density at radius 1 is 0.921 bits per heavy atom. The van der Waals surface area contributed by atoms with Gasteiger partial charge in [0, 0.05) is 29.7 Å². The van der Waals surface area contributed by atoms with Crippen molar-refractivity contribution < 1.29 is 32.7 Å². The Morgan fingerprint density at radius 3 is 2.18 bits per heavy atom. The minimum absolute atomic E-state index is 0.0693. The quantitative estimate of drug-likeness (QED) is 0.200. The van der Waals surface area contributed by atoms with E-state index in [2.05, 4.69) is 35.9 Å². The van der Waals surface area contributed by atoms with E-state index in [1.54, 1.807) is 30.5 Å². The van der Waals surface area contributed by atoms with Crippen molar-refractivity contribution in [3.05, 3.63) is 89.4 Å². The fraction of sp³-hybridized carbons (Fsp3) is 0.125. The lowest BCUT2D eigenvalue weighted by atomic mass is 10.1. The maximum Gasteiger partial charge on any atom is 0.416 e. The van der Waals surface area contributed by atoms with Crippen molar-refractivity contribution in [3.63, 3.8) is 0 Å². The van der Waals surface area contributed by atoms with Crippen molar-refractivity contribution in [3.8, 4) is 0 Å². The highest BCUT2D eigenvalue weighted by atomic mass is 19.4. The van der Waals surface area contributed by atoms with Gasteiger partial charge in [0.1, 0.15) is 5.82 Å². The highest BCUT2D eigenvalue weighted by molar-refractivity contribution is 6.03. The van der Waals surface area contributed by atoms with Crippen LogP contribution in [0.15, 0.2) is 61.1 Å². The molecule has 0 saturated heterocycles. The van der Waals surface area contributed by atoms with Crippen LogP contribution in [0.2, 0.25) is 0 Å². The SMILES string of the molecule is O=C(Cc1cnc[nH]1)Nc1ccc(Cc2nc(NC(=O)Nc3ccc(C(F)(F)F)cc3)c(C(=O)O)[nH]2)cc1. The van der Waals surface area contributed by atoms with Gasteiger partial charge in [0.25, 0.3) is 0 Å². The lowest BCUT2D eigenvalue weighted by Crippen LogP contribution is -2.21. The summed E-state index contributed by atoms with van der Waals surface area (Å²) in [7, 11) is 0. The molecule has 0 bridgehead atoms. The Balaban J connectivity index is 1.37. The van der Waals surface area contributed by atoms with E-state index < -0.39 is 23.7 Å². The molecule has 2 aromatic carbocycles. The minimum atomic E-state index is -4.52. The summed E-state index contributed by atoms with van der Waals surface area (Å²) in [5, 5.41) is 16.8. The second-order valence-corrected chi connectivity index (χ2v) is 8.04. The first-order valence-electron chi connectivity index (χ1n) is 11.0. The molecular formula is C24H20F3N7O4. The zero-order valence-electron chi connectivity index (χ0n) is 19.4. The molecule has 4 aromatic rings. The van der Waals surface area contributed by atoms with Gasteiger partial charge in [0.05, 0.1) is 18.3 Å². The Morgan fingerprint density at radius 2 is 1.58 bits per heavy atom. The summed E-state index contributed by atoms with van der Waals surface area (Å²) < 4.78 is 38.1. The van der Waals surface area contributed by atoms with Gasteiger partial charge in [-0.05, 0) is 42.0 Å². The summed E-state index contributed by atoms with van der Waals surface area (Å²) >= 11 is 0. The molecule has 0 saturated carbocycles. The number of halogens is 3. The Hall–Kier alpha value is -5.14. The molecule has 6 N–H and O–H groups in total. The lowest BCUT2D eigenvalue weighted by molar-refractivity contribution is -0.137. The summed E-state index contributed by atoms with van der Waals surface area (Å²) in [4.78, 5) is 49.5. The van der Waals surface area contributed by atoms with Crippen molar-refractivity contribution in [1.29, 1.82) is 0 Å². The number of aromatic carboxylic acids is 1. The van der Waals surface area contributed by atoms with Gasteiger partial charge in [0.15, 0.2) is 11.5 Å². The molecule has 3 amide bonds. The normalized spacial score (nSPS) is 11.1. The molecule has 0 aliphatic carbocycles. The van der Waals surface area contributed by atoms with Gasteiger partial charge < -0.3 is 25.7 Å². The molecule has 4 rings (SSSR count). The van der Waals surface area contributed by atoms with Crippen LogP contribution < -0.4 is 16.0 Å². The van der Waals surface area contributed by atoms with Gasteiger partial charge in [0.2, 0.25) is 5.91 Å². The number of nitrogens with one attached hydrogen (secondary N) is 5. The minimum Gasteiger partial charge on any atom is -0.476 e. The summed E-state index contributed by atoms with van der Waals surface area (Å²) in [6.07, 6.45) is -1.16. The molecule has 0 aliphatic rings. The van der Waals surface area contributed by atoms with Crippen LogP contribution in [0, 0.1) is 0 Å². The van der Waals surface area contributed by atoms with E-state index in [4.69, 9.17) is 0 Å². The van der Waals surface area contributed by atoms with Crippen LogP contribution >= 0.6 is 0 Å². The van der Waals surface area contributed by atoms with Gasteiger partial charge in [-0.2, -0.15) is 13.2 Å². The third kappa shape index (κ3) is 6.75. The van der Waals surface area contributed by atoms with E-state index in [1.165, 1.54) is 6.33 Å². The summed E-state index contributed by atoms with van der Waals surface area (Å²) in [6, 6.07) is 9.66. The molecule has 2 aromatic heterocycles. The molecule has 14 heteroatoms. The Bertz CT molecular complexity index is 1430. The molecular weight excluding hydrogens is 507 g/mol. The summed E-state index contributed by atoms with van der Waals surface area (Å²) in [5.74, 6) is -1.63. The predicted molar refractivity (Wildman–Crippen MR) is 130 cm³/mol. The van der Waals surface area contributed by atoms with Crippen LogP contribution in [0.1, 0.15) is 33.1 Å². The van der Waals surface area contributed by atoms with Gasteiger partial charge in [-0.25, -0.2) is 19.6 Å². The number of carbonyl (C=O) groups excluding carboxylic acids is 2. The number of hydrogen-bond donors (Lipinski definition) is 6. The number of benzene rings is 2. The number of urea groups is 1. The van der Waals surface area contributed by atoms with Crippen LogP contribution in [0.4, 0.5) is 35.2 Å².